The Morgan fingerprint density at radius 1 is 1.38 bits per heavy atom. The molecule has 2 rings (SSSR count). The lowest BCUT2D eigenvalue weighted by atomic mass is 10.2. The second-order valence-corrected chi connectivity index (χ2v) is 5.66. The van der Waals surface area contributed by atoms with Crippen molar-refractivity contribution in [2.45, 2.75) is 31.7 Å². The zero-order chi connectivity index (χ0) is 11.4. The molecule has 1 heterocycles. The van der Waals surface area contributed by atoms with Gasteiger partial charge >= 0.3 is 0 Å². The average Bonchev–Trinajstić information content (AvgIpc) is 2.80. The summed E-state index contributed by atoms with van der Waals surface area (Å²) in [5.41, 5.74) is 0. The third-order valence-corrected chi connectivity index (χ3v) is 3.93. The lowest BCUT2D eigenvalue weighted by molar-refractivity contribution is 0.614. The topological polar surface area (TPSA) is 29.0 Å². The van der Waals surface area contributed by atoms with Crippen LogP contribution < -0.4 is 4.90 Å². The predicted octanol–water partition coefficient (Wildman–Crippen LogP) is 3.38. The molecule has 5 heteroatoms. The summed E-state index contributed by atoms with van der Waals surface area (Å²) in [5, 5.41) is 0.972. The molecule has 1 aromatic rings. The first-order chi connectivity index (χ1) is 7.83. The molecule has 1 saturated carbocycles. The molecule has 0 atom stereocenters. The Morgan fingerprint density at radius 2 is 2.12 bits per heavy atom. The van der Waals surface area contributed by atoms with Gasteiger partial charge in [0.1, 0.15) is 12.1 Å². The number of halogens is 2. The van der Waals surface area contributed by atoms with Crippen LogP contribution in [0.25, 0.3) is 0 Å². The van der Waals surface area contributed by atoms with E-state index in [0.29, 0.717) is 6.04 Å². The van der Waals surface area contributed by atoms with Gasteiger partial charge in [-0.15, -0.1) is 0 Å². The van der Waals surface area contributed by atoms with Gasteiger partial charge in [0, 0.05) is 24.1 Å². The van der Waals surface area contributed by atoms with E-state index in [9.17, 15) is 0 Å². The molecule has 1 fully saturated rings. The Balaban J connectivity index is 2.21. The van der Waals surface area contributed by atoms with Crippen LogP contribution in [0, 0.1) is 0 Å². The van der Waals surface area contributed by atoms with E-state index in [0.717, 1.165) is 22.2 Å². The molecule has 1 aliphatic rings. The van der Waals surface area contributed by atoms with Crippen molar-refractivity contribution >= 4 is 37.7 Å². The Kier molecular flexibility index (Phi) is 4.58. The van der Waals surface area contributed by atoms with Crippen molar-refractivity contribution in [3.8, 4) is 0 Å². The monoisotopic (exact) mass is 347 g/mol. The van der Waals surface area contributed by atoms with Crippen molar-refractivity contribution in [1.82, 2.24) is 9.97 Å². The summed E-state index contributed by atoms with van der Waals surface area (Å²) in [6.45, 7) is 1.00. The summed E-state index contributed by atoms with van der Waals surface area (Å²) in [4.78, 5) is 10.8. The third kappa shape index (κ3) is 2.74. The Bertz CT molecular complexity index is 340. The summed E-state index contributed by atoms with van der Waals surface area (Å²) in [6, 6.07) is 0.642. The SMILES string of the molecule is BrCCN(c1ncncc1Br)C1CCCC1. The van der Waals surface area contributed by atoms with Gasteiger partial charge in [0.15, 0.2) is 0 Å². The largest absolute Gasteiger partial charge is 0.352 e. The van der Waals surface area contributed by atoms with Crippen molar-refractivity contribution < 1.29 is 0 Å². The molecule has 0 unspecified atom stereocenters. The number of hydrogen-bond donors (Lipinski definition) is 0. The van der Waals surface area contributed by atoms with Crippen LogP contribution in [0.2, 0.25) is 0 Å². The fourth-order valence-electron chi connectivity index (χ4n) is 2.29. The molecule has 3 nitrogen and oxygen atoms in total. The standard InChI is InChI=1S/C11H15Br2N3/c12-5-6-16(9-3-1-2-4-9)11-10(13)7-14-8-15-11/h7-9H,1-6H2. The second kappa shape index (κ2) is 5.96. The number of hydrogen-bond acceptors (Lipinski definition) is 3. The molecule has 1 aromatic heterocycles. The van der Waals surface area contributed by atoms with Crippen molar-refractivity contribution in [3.05, 3.63) is 17.0 Å². The van der Waals surface area contributed by atoms with E-state index in [2.05, 4.69) is 46.7 Å². The van der Waals surface area contributed by atoms with Gasteiger partial charge in [-0.2, -0.15) is 0 Å². The molecule has 0 amide bonds. The fraction of sp³-hybridized carbons (Fsp3) is 0.636. The molecule has 0 aliphatic heterocycles. The molecule has 0 bridgehead atoms. The number of anilines is 1. The van der Waals surface area contributed by atoms with Gasteiger partial charge in [-0.1, -0.05) is 28.8 Å². The van der Waals surface area contributed by atoms with Gasteiger partial charge in [0.2, 0.25) is 0 Å². The Hall–Kier alpha value is -0.160. The maximum absolute atomic E-state index is 4.39. The molecule has 0 N–H and O–H groups in total. The van der Waals surface area contributed by atoms with E-state index < -0.39 is 0 Å². The van der Waals surface area contributed by atoms with Gasteiger partial charge in [-0.05, 0) is 28.8 Å². The second-order valence-electron chi connectivity index (χ2n) is 4.01. The van der Waals surface area contributed by atoms with Crippen molar-refractivity contribution in [1.29, 1.82) is 0 Å². The predicted molar refractivity (Wildman–Crippen MR) is 73.1 cm³/mol. The first kappa shape index (κ1) is 12.3. The summed E-state index contributed by atoms with van der Waals surface area (Å²) >= 11 is 7.05. The average molecular weight is 349 g/mol. The molecule has 0 saturated heterocycles. The van der Waals surface area contributed by atoms with Crippen LogP contribution in [-0.4, -0.2) is 27.9 Å². The molecule has 0 radical (unpaired) electrons. The smallest absolute Gasteiger partial charge is 0.146 e. The van der Waals surface area contributed by atoms with Gasteiger partial charge in [-0.25, -0.2) is 9.97 Å². The van der Waals surface area contributed by atoms with Crippen LogP contribution in [0.5, 0.6) is 0 Å². The van der Waals surface area contributed by atoms with Gasteiger partial charge < -0.3 is 4.90 Å². The van der Waals surface area contributed by atoms with Crippen molar-refractivity contribution in [3.63, 3.8) is 0 Å². The maximum atomic E-state index is 4.39. The van der Waals surface area contributed by atoms with Crippen LogP contribution in [0.3, 0.4) is 0 Å². The Labute approximate surface area is 113 Å². The number of aromatic nitrogens is 2. The van der Waals surface area contributed by atoms with Crippen LogP contribution >= 0.6 is 31.9 Å². The van der Waals surface area contributed by atoms with E-state index in [-0.39, 0.29) is 0 Å². The summed E-state index contributed by atoms with van der Waals surface area (Å²) in [6.07, 6.45) is 8.68. The highest BCUT2D eigenvalue weighted by Crippen LogP contribution is 2.30. The molecule has 16 heavy (non-hydrogen) atoms. The lowest BCUT2D eigenvalue weighted by Gasteiger charge is -2.29. The summed E-state index contributed by atoms with van der Waals surface area (Å²) in [5.74, 6) is 1.03. The highest BCUT2D eigenvalue weighted by Gasteiger charge is 2.24. The van der Waals surface area contributed by atoms with E-state index in [1.54, 1.807) is 6.33 Å². The first-order valence-corrected chi connectivity index (χ1v) is 7.52. The van der Waals surface area contributed by atoms with Gasteiger partial charge in [0.25, 0.3) is 0 Å². The van der Waals surface area contributed by atoms with Crippen LogP contribution in [0.1, 0.15) is 25.7 Å². The number of alkyl halides is 1. The number of rotatable bonds is 4. The normalized spacial score (nSPS) is 16.6. The van der Waals surface area contributed by atoms with Crippen LogP contribution in [-0.2, 0) is 0 Å². The minimum absolute atomic E-state index is 0.642. The molecular weight excluding hydrogens is 334 g/mol. The highest BCUT2D eigenvalue weighted by molar-refractivity contribution is 9.10. The summed E-state index contributed by atoms with van der Waals surface area (Å²) < 4.78 is 0.989. The van der Waals surface area contributed by atoms with E-state index in [4.69, 9.17) is 0 Å². The van der Waals surface area contributed by atoms with Crippen molar-refractivity contribution in [2.24, 2.45) is 0 Å². The third-order valence-electron chi connectivity index (χ3n) is 3.01. The fourth-order valence-corrected chi connectivity index (χ4v) is 3.12. The Morgan fingerprint density at radius 3 is 2.75 bits per heavy atom. The zero-order valence-corrected chi connectivity index (χ0v) is 12.2. The molecule has 1 aliphatic carbocycles. The maximum Gasteiger partial charge on any atom is 0.146 e. The van der Waals surface area contributed by atoms with Gasteiger partial charge in [-0.3, -0.25) is 0 Å². The van der Waals surface area contributed by atoms with Gasteiger partial charge in [0.05, 0.1) is 4.47 Å². The van der Waals surface area contributed by atoms with Crippen molar-refractivity contribution in [2.75, 3.05) is 16.8 Å². The minimum atomic E-state index is 0.642. The lowest BCUT2D eigenvalue weighted by Crippen LogP contribution is -2.35. The first-order valence-electron chi connectivity index (χ1n) is 5.61. The highest BCUT2D eigenvalue weighted by atomic mass is 79.9. The number of nitrogens with zero attached hydrogens (tertiary/aromatic N) is 3. The zero-order valence-electron chi connectivity index (χ0n) is 9.07. The van der Waals surface area contributed by atoms with Crippen LogP contribution in [0.15, 0.2) is 17.0 Å². The van der Waals surface area contributed by atoms with Crippen LogP contribution in [0.4, 0.5) is 5.82 Å². The molecule has 0 aromatic carbocycles. The van der Waals surface area contributed by atoms with E-state index in [1.807, 2.05) is 6.20 Å². The molecular formula is C11H15Br2N3. The van der Waals surface area contributed by atoms with E-state index >= 15 is 0 Å². The molecule has 88 valence electrons. The molecule has 0 spiro atoms. The quantitative estimate of drug-likeness (QED) is 0.781. The minimum Gasteiger partial charge on any atom is -0.352 e. The summed E-state index contributed by atoms with van der Waals surface area (Å²) in [7, 11) is 0. The van der Waals surface area contributed by atoms with E-state index in [1.165, 1.54) is 25.7 Å².